The van der Waals surface area contributed by atoms with Crippen LogP contribution in [0.1, 0.15) is 76.8 Å². The van der Waals surface area contributed by atoms with Crippen molar-refractivity contribution >= 4 is 50.9 Å². The summed E-state index contributed by atoms with van der Waals surface area (Å²) >= 11 is 5.95. The number of nitrogens with zero attached hydrogens (tertiary/aromatic N) is 2. The number of ketones is 2. The van der Waals surface area contributed by atoms with Gasteiger partial charge in [-0.1, -0.05) is 68.8 Å². The number of nitrogens with two attached hydrogens (primary N) is 1. The lowest BCUT2D eigenvalue weighted by Gasteiger charge is -2.15. The number of benzene rings is 1. The van der Waals surface area contributed by atoms with Crippen LogP contribution in [0.4, 0.5) is 0 Å². The summed E-state index contributed by atoms with van der Waals surface area (Å²) in [6.45, 7) is 2.49. The maximum Gasteiger partial charge on any atom is 0.356 e. The number of H-pyrrole nitrogens is 1. The zero-order valence-electron chi connectivity index (χ0n) is 21.0. The highest BCUT2D eigenvalue weighted by Gasteiger charge is 2.32. The standard InChI is InChI=1S/C29H27ClN4O4/c1-2-3-4-5-6-9-14-38-29(37)21-15-18-16-10-7-8-11-19(16)32-24(18)26(34-21)20-13-12-17-25(33-20)28(36)23(31)22(30)27(17)35/h7-8,10-13,15,32H,2-6,9,14,31H2,1H3. The van der Waals surface area contributed by atoms with Crippen molar-refractivity contribution in [2.24, 2.45) is 5.73 Å². The molecule has 1 aliphatic carbocycles. The van der Waals surface area contributed by atoms with E-state index in [-0.39, 0.29) is 27.7 Å². The highest BCUT2D eigenvalue weighted by Crippen LogP contribution is 2.34. The zero-order valence-corrected chi connectivity index (χ0v) is 21.7. The number of aromatic nitrogens is 3. The Balaban J connectivity index is 1.53. The van der Waals surface area contributed by atoms with Crippen molar-refractivity contribution in [3.8, 4) is 11.4 Å². The van der Waals surface area contributed by atoms with Gasteiger partial charge >= 0.3 is 5.97 Å². The van der Waals surface area contributed by atoms with Crippen LogP contribution >= 0.6 is 11.6 Å². The van der Waals surface area contributed by atoms with Gasteiger partial charge in [-0.3, -0.25) is 9.59 Å². The molecule has 5 rings (SSSR count). The summed E-state index contributed by atoms with van der Waals surface area (Å²) in [6.07, 6.45) is 6.48. The number of fused-ring (bicyclic) bond motifs is 4. The van der Waals surface area contributed by atoms with Crippen molar-refractivity contribution in [2.45, 2.75) is 45.4 Å². The van der Waals surface area contributed by atoms with Crippen molar-refractivity contribution in [3.05, 3.63) is 70.1 Å². The van der Waals surface area contributed by atoms with Crippen molar-refractivity contribution < 1.29 is 19.1 Å². The summed E-state index contributed by atoms with van der Waals surface area (Å²) < 4.78 is 5.54. The molecule has 0 saturated carbocycles. The molecule has 0 aliphatic heterocycles. The molecular formula is C29H27ClN4O4. The third kappa shape index (κ3) is 4.67. The van der Waals surface area contributed by atoms with E-state index in [1.54, 1.807) is 12.1 Å². The predicted molar refractivity (Wildman–Crippen MR) is 146 cm³/mol. The molecule has 0 radical (unpaired) electrons. The monoisotopic (exact) mass is 530 g/mol. The minimum atomic E-state index is -0.631. The van der Waals surface area contributed by atoms with Crippen molar-refractivity contribution in [3.63, 3.8) is 0 Å². The number of halogens is 1. The van der Waals surface area contributed by atoms with E-state index in [9.17, 15) is 14.4 Å². The molecule has 0 atom stereocenters. The first-order valence-electron chi connectivity index (χ1n) is 12.7. The Labute approximate surface area is 224 Å². The maximum atomic E-state index is 13.0. The van der Waals surface area contributed by atoms with Gasteiger partial charge in [-0.25, -0.2) is 14.8 Å². The molecule has 0 fully saturated rings. The number of esters is 1. The second-order valence-electron chi connectivity index (χ2n) is 9.33. The number of Topliss-reactive ketones (excluding diaryl/α,β-unsaturated/α-hetero) is 2. The van der Waals surface area contributed by atoms with Gasteiger partial charge in [0.1, 0.15) is 27.8 Å². The second-order valence-corrected chi connectivity index (χ2v) is 9.71. The molecular weight excluding hydrogens is 504 g/mol. The molecule has 9 heteroatoms. The first-order chi connectivity index (χ1) is 18.4. The SMILES string of the molecule is CCCCCCCCOC(=O)c1cc2c([nH]c3ccccc32)c(-c2ccc3c(n2)C(=O)C(N)=C(Cl)C3=O)n1. The van der Waals surface area contributed by atoms with E-state index in [1.807, 2.05) is 24.3 Å². The number of rotatable bonds is 9. The third-order valence-electron chi connectivity index (χ3n) is 6.71. The number of nitrogens with one attached hydrogen (secondary N) is 1. The summed E-state index contributed by atoms with van der Waals surface area (Å²) in [5, 5.41) is 1.35. The molecule has 3 heterocycles. The first kappa shape index (κ1) is 25.6. The van der Waals surface area contributed by atoms with Crippen molar-refractivity contribution in [1.82, 2.24) is 15.0 Å². The van der Waals surface area contributed by atoms with Gasteiger partial charge in [0.25, 0.3) is 0 Å². The molecule has 38 heavy (non-hydrogen) atoms. The smallest absolute Gasteiger partial charge is 0.356 e. The Bertz CT molecular complexity index is 1620. The summed E-state index contributed by atoms with van der Waals surface area (Å²) in [6, 6.07) is 12.4. The fourth-order valence-electron chi connectivity index (χ4n) is 4.67. The summed E-state index contributed by atoms with van der Waals surface area (Å²) in [5.74, 6) is -1.72. The zero-order chi connectivity index (χ0) is 26.8. The van der Waals surface area contributed by atoms with E-state index in [1.165, 1.54) is 25.3 Å². The number of carbonyl (C=O) groups is 3. The van der Waals surface area contributed by atoms with Gasteiger partial charge in [-0.2, -0.15) is 0 Å². The van der Waals surface area contributed by atoms with Crippen LogP contribution in [-0.2, 0) is 4.74 Å². The van der Waals surface area contributed by atoms with E-state index in [0.29, 0.717) is 23.5 Å². The van der Waals surface area contributed by atoms with Crippen LogP contribution in [0.25, 0.3) is 33.2 Å². The largest absolute Gasteiger partial charge is 0.461 e. The number of pyridine rings is 2. The van der Waals surface area contributed by atoms with Gasteiger partial charge in [0.2, 0.25) is 11.6 Å². The normalized spacial score (nSPS) is 13.4. The molecule has 0 bridgehead atoms. The maximum absolute atomic E-state index is 13.0. The van der Waals surface area contributed by atoms with E-state index in [4.69, 9.17) is 22.1 Å². The lowest BCUT2D eigenvalue weighted by Crippen LogP contribution is -2.26. The van der Waals surface area contributed by atoms with Crippen LogP contribution in [0.3, 0.4) is 0 Å². The molecule has 0 unspecified atom stereocenters. The van der Waals surface area contributed by atoms with Crippen LogP contribution in [-0.4, -0.2) is 39.1 Å². The average Bonchev–Trinajstić information content (AvgIpc) is 3.32. The topological polar surface area (TPSA) is 128 Å². The first-order valence-corrected chi connectivity index (χ1v) is 13.1. The van der Waals surface area contributed by atoms with Gasteiger partial charge in [-0.15, -0.1) is 0 Å². The molecule has 0 spiro atoms. The molecule has 194 valence electrons. The minimum Gasteiger partial charge on any atom is -0.461 e. The Morgan fingerprint density at radius 2 is 1.71 bits per heavy atom. The summed E-state index contributed by atoms with van der Waals surface area (Å²) in [4.78, 5) is 50.7. The number of unbranched alkanes of at least 4 members (excludes halogenated alkanes) is 5. The number of allylic oxidation sites excluding steroid dienone is 2. The van der Waals surface area contributed by atoms with Crippen molar-refractivity contribution in [2.75, 3.05) is 6.61 Å². The molecule has 8 nitrogen and oxygen atoms in total. The summed E-state index contributed by atoms with van der Waals surface area (Å²) in [5.41, 5.74) is 7.68. The minimum absolute atomic E-state index is 0.0698. The second kappa shape index (κ2) is 10.8. The van der Waals surface area contributed by atoms with Gasteiger partial charge in [0.05, 0.1) is 23.4 Å². The highest BCUT2D eigenvalue weighted by molar-refractivity contribution is 6.49. The molecule has 1 aromatic carbocycles. The highest BCUT2D eigenvalue weighted by atomic mass is 35.5. The number of para-hydroxylation sites is 1. The number of aromatic amines is 1. The fourth-order valence-corrected chi connectivity index (χ4v) is 4.86. The van der Waals surface area contributed by atoms with Crippen LogP contribution in [0, 0.1) is 0 Å². The van der Waals surface area contributed by atoms with Gasteiger partial charge < -0.3 is 15.5 Å². The average molecular weight is 531 g/mol. The molecule has 3 aromatic heterocycles. The quantitative estimate of drug-likeness (QED) is 0.198. The third-order valence-corrected chi connectivity index (χ3v) is 7.09. The molecule has 0 saturated heterocycles. The lowest BCUT2D eigenvalue weighted by molar-refractivity contribution is 0.0491. The number of carbonyl (C=O) groups excluding carboxylic acids is 3. The van der Waals surface area contributed by atoms with E-state index >= 15 is 0 Å². The number of hydrogen-bond acceptors (Lipinski definition) is 7. The molecule has 4 aromatic rings. The summed E-state index contributed by atoms with van der Waals surface area (Å²) in [7, 11) is 0. The van der Waals surface area contributed by atoms with Crippen LogP contribution in [0.2, 0.25) is 0 Å². The van der Waals surface area contributed by atoms with Gasteiger partial charge in [0.15, 0.2) is 0 Å². The van der Waals surface area contributed by atoms with Crippen LogP contribution in [0.5, 0.6) is 0 Å². The predicted octanol–water partition coefficient (Wildman–Crippen LogP) is 6.08. The molecule has 0 amide bonds. The van der Waals surface area contributed by atoms with Crippen LogP contribution in [0.15, 0.2) is 53.2 Å². The van der Waals surface area contributed by atoms with E-state index in [2.05, 4.69) is 21.9 Å². The number of ether oxygens (including phenoxy) is 1. The van der Waals surface area contributed by atoms with Gasteiger partial charge in [-0.05, 0) is 30.7 Å². The lowest BCUT2D eigenvalue weighted by atomic mass is 9.96. The van der Waals surface area contributed by atoms with Gasteiger partial charge in [0, 0.05) is 16.3 Å². The molecule has 3 N–H and O–H groups in total. The van der Waals surface area contributed by atoms with Crippen LogP contribution < -0.4 is 5.73 Å². The Hall–Kier alpha value is -4.04. The number of hydrogen-bond donors (Lipinski definition) is 2. The Morgan fingerprint density at radius 3 is 2.53 bits per heavy atom. The Morgan fingerprint density at radius 1 is 0.947 bits per heavy atom. The van der Waals surface area contributed by atoms with E-state index in [0.717, 1.165) is 35.6 Å². The Kier molecular flexibility index (Phi) is 7.24. The van der Waals surface area contributed by atoms with E-state index < -0.39 is 17.5 Å². The fraction of sp³-hybridized carbons (Fsp3) is 0.276. The molecule has 1 aliphatic rings. The van der Waals surface area contributed by atoms with Crippen molar-refractivity contribution in [1.29, 1.82) is 0 Å².